The van der Waals surface area contributed by atoms with Crippen molar-refractivity contribution in [2.45, 2.75) is 59.1 Å². The van der Waals surface area contributed by atoms with E-state index in [4.69, 9.17) is 14.6 Å². The van der Waals surface area contributed by atoms with Crippen LogP contribution in [0.3, 0.4) is 0 Å². The maximum absolute atomic E-state index is 11.7. The highest BCUT2D eigenvalue weighted by molar-refractivity contribution is 5.69. The molecule has 0 fully saturated rings. The molecule has 3 rings (SSSR count). The molecule has 1 aromatic heterocycles. The van der Waals surface area contributed by atoms with E-state index >= 15 is 0 Å². The Morgan fingerprint density at radius 2 is 1.71 bits per heavy atom. The monoisotopic (exact) mass is 479 g/mol. The van der Waals surface area contributed by atoms with E-state index in [-0.39, 0.29) is 12.6 Å². The second kappa shape index (κ2) is 13.7. The number of nitrogens with zero attached hydrogens (tertiary/aromatic N) is 3. The van der Waals surface area contributed by atoms with E-state index in [1.165, 1.54) is 0 Å². The Bertz CT molecular complexity index is 1040. The third-order valence-corrected chi connectivity index (χ3v) is 5.59. The van der Waals surface area contributed by atoms with E-state index in [1.807, 2.05) is 72.3 Å². The molecule has 2 aromatic carbocycles. The average Bonchev–Trinajstić information content (AvgIpc) is 3.21. The second-order valence-corrected chi connectivity index (χ2v) is 8.57. The molecule has 7 nitrogen and oxygen atoms in total. The third-order valence-electron chi connectivity index (χ3n) is 5.59. The summed E-state index contributed by atoms with van der Waals surface area (Å²) in [7, 11) is 0. The summed E-state index contributed by atoms with van der Waals surface area (Å²) in [4.78, 5) is 13.9. The number of hydrogen-bond donors (Lipinski definition) is 1. The minimum atomic E-state index is -0.768. The summed E-state index contributed by atoms with van der Waals surface area (Å²) in [6.07, 6.45) is 1.99. The number of benzene rings is 2. The third kappa shape index (κ3) is 7.67. The smallest absolute Gasteiger partial charge is 0.305 e. The lowest BCUT2D eigenvalue weighted by Gasteiger charge is -2.25. The number of aromatic nitrogens is 2. The average molecular weight is 480 g/mol. The largest absolute Gasteiger partial charge is 0.463 e. The van der Waals surface area contributed by atoms with Crippen molar-refractivity contribution in [3.63, 3.8) is 0 Å². The number of carbonyl (C=O) groups is 1. The highest BCUT2D eigenvalue weighted by Crippen LogP contribution is 2.32. The van der Waals surface area contributed by atoms with Gasteiger partial charge in [-0.2, -0.15) is 5.10 Å². The SMILES string of the molecule is CCCC(=O)OCC(O)CN(CCC)Cc1c(CC)nn(-c2ccccc2)c1Oc1ccccc1. The molecule has 0 aliphatic rings. The van der Waals surface area contributed by atoms with Crippen molar-refractivity contribution in [2.24, 2.45) is 0 Å². The minimum Gasteiger partial charge on any atom is -0.463 e. The Balaban J connectivity index is 1.89. The van der Waals surface area contributed by atoms with E-state index in [0.717, 1.165) is 48.5 Å². The second-order valence-electron chi connectivity index (χ2n) is 8.57. The summed E-state index contributed by atoms with van der Waals surface area (Å²) in [5, 5.41) is 15.5. The van der Waals surface area contributed by atoms with Crippen LogP contribution >= 0.6 is 0 Å². The fourth-order valence-corrected chi connectivity index (χ4v) is 3.96. The summed E-state index contributed by atoms with van der Waals surface area (Å²) in [6, 6.07) is 19.6. The molecular formula is C28H37N3O4. The molecular weight excluding hydrogens is 442 g/mol. The zero-order chi connectivity index (χ0) is 25.0. The lowest BCUT2D eigenvalue weighted by atomic mass is 10.1. The molecule has 35 heavy (non-hydrogen) atoms. The van der Waals surface area contributed by atoms with Crippen molar-refractivity contribution in [1.82, 2.24) is 14.7 Å². The van der Waals surface area contributed by atoms with Crippen LogP contribution in [0.5, 0.6) is 11.6 Å². The van der Waals surface area contributed by atoms with Crippen LogP contribution in [0.1, 0.15) is 51.3 Å². The van der Waals surface area contributed by atoms with Gasteiger partial charge in [-0.15, -0.1) is 0 Å². The summed E-state index contributed by atoms with van der Waals surface area (Å²) in [5.41, 5.74) is 2.86. The van der Waals surface area contributed by atoms with Crippen LogP contribution in [0.2, 0.25) is 0 Å². The standard InChI is InChI=1S/C28H37N3O4/c1-4-13-27(33)34-21-23(32)19-30(18-5-2)20-25-26(6-3)29-31(22-14-9-7-10-15-22)28(25)35-24-16-11-8-12-17-24/h7-12,14-17,23,32H,4-6,13,18-21H2,1-3H3. The van der Waals surface area contributed by atoms with Crippen LogP contribution in [0.15, 0.2) is 60.7 Å². The van der Waals surface area contributed by atoms with Gasteiger partial charge in [0.25, 0.3) is 0 Å². The number of hydrogen-bond acceptors (Lipinski definition) is 6. The Kier molecular flexibility index (Phi) is 10.3. The topological polar surface area (TPSA) is 76.8 Å². The van der Waals surface area contributed by atoms with Crippen LogP contribution in [0.25, 0.3) is 5.69 Å². The molecule has 7 heteroatoms. The fourth-order valence-electron chi connectivity index (χ4n) is 3.96. The molecule has 0 aliphatic heterocycles. The van der Waals surface area contributed by atoms with E-state index in [0.29, 0.717) is 25.4 Å². The molecule has 0 saturated heterocycles. The molecule has 0 saturated carbocycles. The summed E-state index contributed by atoms with van der Waals surface area (Å²) < 4.78 is 13.5. The van der Waals surface area contributed by atoms with Gasteiger partial charge in [0, 0.05) is 19.5 Å². The molecule has 0 bridgehead atoms. The number of esters is 1. The summed E-state index contributed by atoms with van der Waals surface area (Å²) in [5.74, 6) is 1.13. The lowest BCUT2D eigenvalue weighted by molar-refractivity contribution is -0.147. The first kappa shape index (κ1) is 26.4. The van der Waals surface area contributed by atoms with E-state index in [2.05, 4.69) is 18.7 Å². The van der Waals surface area contributed by atoms with Gasteiger partial charge in [-0.1, -0.05) is 57.2 Å². The van der Waals surface area contributed by atoms with Crippen LogP contribution < -0.4 is 4.74 Å². The van der Waals surface area contributed by atoms with Crippen molar-refractivity contribution < 1.29 is 19.4 Å². The highest BCUT2D eigenvalue weighted by atomic mass is 16.5. The summed E-state index contributed by atoms with van der Waals surface area (Å²) >= 11 is 0. The fraction of sp³-hybridized carbons (Fsp3) is 0.429. The van der Waals surface area contributed by atoms with Crippen LogP contribution in [-0.4, -0.2) is 51.6 Å². The number of aryl methyl sites for hydroxylation is 1. The zero-order valence-corrected chi connectivity index (χ0v) is 21.0. The van der Waals surface area contributed by atoms with Gasteiger partial charge < -0.3 is 14.6 Å². The maximum atomic E-state index is 11.7. The molecule has 1 atom stereocenters. The van der Waals surface area contributed by atoms with Crippen molar-refractivity contribution in [2.75, 3.05) is 19.7 Å². The van der Waals surface area contributed by atoms with Crippen molar-refractivity contribution >= 4 is 5.97 Å². The van der Waals surface area contributed by atoms with E-state index < -0.39 is 6.10 Å². The Hall–Kier alpha value is -3.16. The van der Waals surface area contributed by atoms with Gasteiger partial charge in [0.1, 0.15) is 18.5 Å². The number of aliphatic hydroxyl groups excluding tert-OH is 1. The lowest BCUT2D eigenvalue weighted by Crippen LogP contribution is -2.35. The van der Waals surface area contributed by atoms with Gasteiger partial charge in [-0.25, -0.2) is 4.68 Å². The Morgan fingerprint density at radius 1 is 1.03 bits per heavy atom. The van der Waals surface area contributed by atoms with Gasteiger partial charge in [-0.05, 0) is 50.1 Å². The maximum Gasteiger partial charge on any atom is 0.305 e. The number of aliphatic hydroxyl groups is 1. The molecule has 3 aromatic rings. The molecule has 0 spiro atoms. The van der Waals surface area contributed by atoms with Crippen molar-refractivity contribution in [3.05, 3.63) is 71.9 Å². The van der Waals surface area contributed by atoms with Crippen molar-refractivity contribution in [3.8, 4) is 17.3 Å². The predicted octanol–water partition coefficient (Wildman–Crippen LogP) is 5.14. The van der Waals surface area contributed by atoms with Gasteiger partial charge in [0.15, 0.2) is 0 Å². The number of para-hydroxylation sites is 2. The molecule has 1 unspecified atom stereocenters. The first-order chi connectivity index (χ1) is 17.0. The van der Waals surface area contributed by atoms with Crippen LogP contribution in [0.4, 0.5) is 0 Å². The van der Waals surface area contributed by atoms with Crippen LogP contribution in [0, 0.1) is 0 Å². The number of carbonyl (C=O) groups excluding carboxylic acids is 1. The van der Waals surface area contributed by atoms with Gasteiger partial charge in [-0.3, -0.25) is 9.69 Å². The normalized spacial score (nSPS) is 12.0. The molecule has 0 amide bonds. The minimum absolute atomic E-state index is 0.00364. The van der Waals surface area contributed by atoms with E-state index in [9.17, 15) is 9.90 Å². The Morgan fingerprint density at radius 3 is 2.34 bits per heavy atom. The molecule has 0 aliphatic carbocycles. The first-order valence-corrected chi connectivity index (χ1v) is 12.5. The molecule has 1 N–H and O–H groups in total. The molecule has 1 heterocycles. The highest BCUT2D eigenvalue weighted by Gasteiger charge is 2.23. The Labute approximate surface area is 208 Å². The first-order valence-electron chi connectivity index (χ1n) is 12.5. The van der Waals surface area contributed by atoms with Gasteiger partial charge >= 0.3 is 5.97 Å². The number of ether oxygens (including phenoxy) is 2. The van der Waals surface area contributed by atoms with E-state index in [1.54, 1.807) is 0 Å². The number of rotatable bonds is 14. The molecule has 0 radical (unpaired) electrons. The quantitative estimate of drug-likeness (QED) is 0.323. The molecule has 188 valence electrons. The summed E-state index contributed by atoms with van der Waals surface area (Å²) in [6.45, 7) is 7.84. The van der Waals surface area contributed by atoms with Crippen molar-refractivity contribution in [1.29, 1.82) is 0 Å². The zero-order valence-electron chi connectivity index (χ0n) is 21.0. The predicted molar refractivity (Wildman–Crippen MR) is 137 cm³/mol. The van der Waals surface area contributed by atoms with Gasteiger partial charge in [0.05, 0.1) is 16.9 Å². The van der Waals surface area contributed by atoms with Crippen LogP contribution in [-0.2, 0) is 22.5 Å². The van der Waals surface area contributed by atoms with Gasteiger partial charge in [0.2, 0.25) is 5.88 Å².